The third-order valence-electron chi connectivity index (χ3n) is 3.58. The zero-order valence-corrected chi connectivity index (χ0v) is 9.89. The summed E-state index contributed by atoms with van der Waals surface area (Å²) < 4.78 is 16.3. The van der Waals surface area contributed by atoms with Gasteiger partial charge in [-0.1, -0.05) is 5.16 Å². The van der Waals surface area contributed by atoms with E-state index in [0.717, 1.165) is 19.4 Å². The minimum absolute atomic E-state index is 0.0150. The lowest BCUT2D eigenvalue weighted by Gasteiger charge is -2.17. The highest BCUT2D eigenvalue weighted by molar-refractivity contribution is 5.06. The fraction of sp³-hybridized carbons (Fsp3) is 0.818. The lowest BCUT2D eigenvalue weighted by atomic mass is 10.0. The van der Waals surface area contributed by atoms with E-state index in [2.05, 4.69) is 10.1 Å². The zero-order chi connectivity index (χ0) is 11.9. The molecule has 0 aromatic carbocycles. The molecule has 1 aromatic heterocycles. The maximum Gasteiger partial charge on any atom is 0.233 e. The van der Waals surface area contributed by atoms with Crippen LogP contribution in [0.25, 0.3) is 0 Å². The average molecular weight is 239 g/mol. The molecule has 2 saturated heterocycles. The second-order valence-electron chi connectivity index (χ2n) is 4.95. The number of hydrogen-bond donors (Lipinski definition) is 1. The fourth-order valence-corrected chi connectivity index (χ4v) is 2.38. The smallest absolute Gasteiger partial charge is 0.233 e. The lowest BCUT2D eigenvalue weighted by Crippen LogP contribution is -2.27. The van der Waals surface area contributed by atoms with E-state index in [9.17, 15) is 0 Å². The van der Waals surface area contributed by atoms with Crippen molar-refractivity contribution in [3.63, 3.8) is 0 Å². The van der Waals surface area contributed by atoms with Crippen molar-refractivity contribution in [3.8, 4) is 0 Å². The Morgan fingerprint density at radius 3 is 2.94 bits per heavy atom. The van der Waals surface area contributed by atoms with Gasteiger partial charge in [-0.2, -0.15) is 4.98 Å². The summed E-state index contributed by atoms with van der Waals surface area (Å²) >= 11 is 0. The predicted molar refractivity (Wildman–Crippen MR) is 58.4 cm³/mol. The van der Waals surface area contributed by atoms with Gasteiger partial charge in [0, 0.05) is 12.6 Å². The molecule has 2 fully saturated rings. The third-order valence-corrected chi connectivity index (χ3v) is 3.58. The summed E-state index contributed by atoms with van der Waals surface area (Å²) in [6.07, 6.45) is 1.96. The first-order chi connectivity index (χ1) is 8.19. The van der Waals surface area contributed by atoms with E-state index in [4.69, 9.17) is 19.7 Å². The van der Waals surface area contributed by atoms with E-state index in [1.54, 1.807) is 0 Å². The van der Waals surface area contributed by atoms with Crippen LogP contribution in [0.15, 0.2) is 4.52 Å². The van der Waals surface area contributed by atoms with Crippen LogP contribution >= 0.6 is 0 Å². The molecule has 2 N–H and O–H groups in total. The van der Waals surface area contributed by atoms with Gasteiger partial charge in [0.25, 0.3) is 0 Å². The Bertz CT molecular complexity index is 400. The molecule has 0 bridgehead atoms. The van der Waals surface area contributed by atoms with Gasteiger partial charge >= 0.3 is 0 Å². The van der Waals surface area contributed by atoms with Crippen LogP contribution in [0.1, 0.15) is 37.4 Å². The first-order valence-corrected chi connectivity index (χ1v) is 6.00. The van der Waals surface area contributed by atoms with Gasteiger partial charge in [0.05, 0.1) is 19.1 Å². The number of hydrogen-bond acceptors (Lipinski definition) is 6. The average Bonchev–Trinajstić information content (AvgIpc) is 2.97. The molecule has 3 atom stereocenters. The van der Waals surface area contributed by atoms with Crippen molar-refractivity contribution in [3.05, 3.63) is 11.7 Å². The van der Waals surface area contributed by atoms with E-state index in [1.807, 2.05) is 6.92 Å². The van der Waals surface area contributed by atoms with Crippen molar-refractivity contribution in [2.24, 2.45) is 5.73 Å². The standard InChI is InChI=1S/C11H17N3O3/c1-11(3-2-4-16-11)10-13-9(17-14-10)7-5-15-6-8(7)12/h7-8H,2-6,12H2,1H3. The van der Waals surface area contributed by atoms with Crippen LogP contribution < -0.4 is 5.73 Å². The molecule has 2 aliphatic rings. The Hall–Kier alpha value is -0.980. The van der Waals surface area contributed by atoms with Gasteiger partial charge in [0.1, 0.15) is 5.60 Å². The van der Waals surface area contributed by atoms with Crippen molar-refractivity contribution in [1.29, 1.82) is 0 Å². The van der Waals surface area contributed by atoms with E-state index < -0.39 is 5.60 Å². The Morgan fingerprint density at radius 2 is 2.29 bits per heavy atom. The second kappa shape index (κ2) is 4.04. The van der Waals surface area contributed by atoms with Crippen LogP contribution in [0.3, 0.4) is 0 Å². The second-order valence-corrected chi connectivity index (χ2v) is 4.95. The minimum atomic E-state index is -0.398. The Balaban J connectivity index is 1.82. The number of rotatable bonds is 2. The summed E-state index contributed by atoms with van der Waals surface area (Å²) in [5, 5.41) is 4.03. The Labute approximate surface area is 99.5 Å². The molecule has 3 heterocycles. The lowest BCUT2D eigenvalue weighted by molar-refractivity contribution is 0.00768. The molecule has 17 heavy (non-hydrogen) atoms. The summed E-state index contributed by atoms with van der Waals surface area (Å²) in [6, 6.07) is -0.0550. The van der Waals surface area contributed by atoms with E-state index >= 15 is 0 Å². The first-order valence-electron chi connectivity index (χ1n) is 6.00. The molecule has 0 radical (unpaired) electrons. The van der Waals surface area contributed by atoms with Crippen LogP contribution in [0, 0.1) is 0 Å². The monoisotopic (exact) mass is 239 g/mol. The van der Waals surface area contributed by atoms with E-state index in [-0.39, 0.29) is 12.0 Å². The molecule has 3 unspecified atom stereocenters. The molecule has 2 aliphatic heterocycles. The fourth-order valence-electron chi connectivity index (χ4n) is 2.38. The molecule has 0 spiro atoms. The zero-order valence-electron chi connectivity index (χ0n) is 9.89. The van der Waals surface area contributed by atoms with Crippen molar-refractivity contribution in [2.75, 3.05) is 19.8 Å². The van der Waals surface area contributed by atoms with Gasteiger partial charge in [0.2, 0.25) is 11.7 Å². The minimum Gasteiger partial charge on any atom is -0.379 e. The van der Waals surface area contributed by atoms with E-state index in [0.29, 0.717) is 24.9 Å². The normalized spacial score (nSPS) is 37.8. The van der Waals surface area contributed by atoms with Gasteiger partial charge in [-0.25, -0.2) is 0 Å². The molecule has 94 valence electrons. The van der Waals surface area contributed by atoms with E-state index in [1.165, 1.54) is 0 Å². The number of nitrogens with zero attached hydrogens (tertiary/aromatic N) is 2. The van der Waals surface area contributed by atoms with Crippen LogP contribution in [-0.2, 0) is 15.1 Å². The van der Waals surface area contributed by atoms with Crippen molar-refractivity contribution in [2.45, 2.75) is 37.3 Å². The highest BCUT2D eigenvalue weighted by Gasteiger charge is 2.39. The van der Waals surface area contributed by atoms with Crippen molar-refractivity contribution < 1.29 is 14.0 Å². The van der Waals surface area contributed by atoms with Crippen LogP contribution in [0.2, 0.25) is 0 Å². The molecule has 0 aliphatic carbocycles. The summed E-state index contributed by atoms with van der Waals surface area (Å²) in [4.78, 5) is 4.43. The van der Waals surface area contributed by atoms with Gasteiger partial charge in [-0.15, -0.1) is 0 Å². The van der Waals surface area contributed by atoms with Gasteiger partial charge in [-0.05, 0) is 19.8 Å². The summed E-state index contributed by atoms with van der Waals surface area (Å²) in [5.74, 6) is 1.21. The highest BCUT2D eigenvalue weighted by Crippen LogP contribution is 2.34. The SMILES string of the molecule is CC1(c2noc(C3COCC3N)n2)CCCO1. The molecular weight excluding hydrogens is 222 g/mol. The van der Waals surface area contributed by atoms with Gasteiger partial charge in [-0.3, -0.25) is 0 Å². The number of aromatic nitrogens is 2. The summed E-state index contributed by atoms with van der Waals surface area (Å²) in [5.41, 5.74) is 5.53. The molecule has 6 nitrogen and oxygen atoms in total. The predicted octanol–water partition coefficient (Wildman–Crippen LogP) is 0.536. The van der Waals surface area contributed by atoms with Crippen LogP contribution in [-0.4, -0.2) is 36.0 Å². The molecule has 1 aromatic rings. The maximum atomic E-state index is 5.92. The Morgan fingerprint density at radius 1 is 1.41 bits per heavy atom. The molecular formula is C11H17N3O3. The van der Waals surface area contributed by atoms with Crippen LogP contribution in [0.5, 0.6) is 0 Å². The largest absolute Gasteiger partial charge is 0.379 e. The van der Waals surface area contributed by atoms with Gasteiger partial charge in [0.15, 0.2) is 0 Å². The molecule has 3 rings (SSSR count). The van der Waals surface area contributed by atoms with Crippen LogP contribution in [0.4, 0.5) is 0 Å². The number of nitrogens with two attached hydrogens (primary N) is 1. The summed E-state index contributed by atoms with van der Waals surface area (Å²) in [7, 11) is 0. The first kappa shape index (κ1) is 11.1. The summed E-state index contributed by atoms with van der Waals surface area (Å²) in [6.45, 7) is 3.86. The highest BCUT2D eigenvalue weighted by atomic mass is 16.5. The molecule has 0 saturated carbocycles. The van der Waals surface area contributed by atoms with Gasteiger partial charge < -0.3 is 19.7 Å². The Kier molecular flexibility index (Phi) is 2.65. The van der Waals surface area contributed by atoms with Crippen molar-refractivity contribution in [1.82, 2.24) is 10.1 Å². The quantitative estimate of drug-likeness (QED) is 0.810. The molecule has 6 heteroatoms. The third kappa shape index (κ3) is 1.86. The maximum absolute atomic E-state index is 5.92. The number of ether oxygens (including phenoxy) is 2. The molecule has 0 amide bonds. The van der Waals surface area contributed by atoms with Crippen molar-refractivity contribution >= 4 is 0 Å². The topological polar surface area (TPSA) is 83.4 Å².